The zero-order valence-corrected chi connectivity index (χ0v) is 18.1. The Morgan fingerprint density at radius 1 is 1.10 bits per heavy atom. The van der Waals surface area contributed by atoms with Gasteiger partial charge in [0.25, 0.3) is 5.88 Å². The molecule has 1 fully saturated rings. The van der Waals surface area contributed by atoms with E-state index >= 15 is 0 Å². The van der Waals surface area contributed by atoms with Gasteiger partial charge in [-0.05, 0) is 30.7 Å². The predicted molar refractivity (Wildman–Crippen MR) is 118 cm³/mol. The number of aromatic nitrogens is 2. The molecule has 0 saturated carbocycles. The lowest BCUT2D eigenvalue weighted by atomic mass is 10.1. The molecule has 10 heteroatoms. The lowest BCUT2D eigenvalue weighted by Gasteiger charge is -2.17. The quantitative estimate of drug-likeness (QED) is 0.608. The fourth-order valence-corrected chi connectivity index (χ4v) is 5.24. The van der Waals surface area contributed by atoms with Crippen LogP contribution in [0.25, 0.3) is 11.3 Å². The Morgan fingerprint density at radius 3 is 2.43 bits per heavy atom. The van der Waals surface area contributed by atoms with Crippen molar-refractivity contribution in [2.45, 2.75) is 13.0 Å². The summed E-state index contributed by atoms with van der Waals surface area (Å²) in [4.78, 5) is 8.60. The van der Waals surface area contributed by atoms with E-state index in [2.05, 4.69) is 9.97 Å². The molecule has 30 heavy (non-hydrogen) atoms. The highest BCUT2D eigenvalue weighted by molar-refractivity contribution is 7.93. The second kappa shape index (κ2) is 8.29. The molecular formula is C20H18Cl2N4O3S. The van der Waals surface area contributed by atoms with Crippen LogP contribution in [0, 0.1) is 0 Å². The molecular weight excluding hydrogens is 447 g/mol. The summed E-state index contributed by atoms with van der Waals surface area (Å²) in [6, 6.07) is 12.3. The Morgan fingerprint density at radius 2 is 1.80 bits per heavy atom. The lowest BCUT2D eigenvalue weighted by Crippen LogP contribution is -2.24. The van der Waals surface area contributed by atoms with Crippen LogP contribution >= 0.6 is 23.2 Å². The summed E-state index contributed by atoms with van der Waals surface area (Å²) in [6.07, 6.45) is 2.16. The predicted octanol–water partition coefficient (Wildman–Crippen LogP) is 4.15. The molecule has 0 bridgehead atoms. The second-order valence-corrected chi connectivity index (χ2v) is 9.55. The number of sulfonamides is 1. The van der Waals surface area contributed by atoms with Gasteiger partial charge in [-0.15, -0.1) is 0 Å². The van der Waals surface area contributed by atoms with E-state index < -0.39 is 10.0 Å². The zero-order valence-electron chi connectivity index (χ0n) is 15.8. The van der Waals surface area contributed by atoms with E-state index in [0.717, 1.165) is 5.56 Å². The Bertz CT molecular complexity index is 1170. The highest BCUT2D eigenvalue weighted by Gasteiger charge is 2.28. The third-order valence-corrected chi connectivity index (χ3v) is 7.31. The molecule has 1 aromatic heterocycles. The van der Waals surface area contributed by atoms with E-state index in [1.54, 1.807) is 42.5 Å². The summed E-state index contributed by atoms with van der Waals surface area (Å²) in [5.74, 6) is 0.477. The van der Waals surface area contributed by atoms with Gasteiger partial charge >= 0.3 is 0 Å². The lowest BCUT2D eigenvalue weighted by molar-refractivity contribution is 0.295. The summed E-state index contributed by atoms with van der Waals surface area (Å²) in [7, 11) is -3.22. The van der Waals surface area contributed by atoms with Crippen molar-refractivity contribution < 1.29 is 13.2 Å². The number of anilines is 2. The molecule has 4 rings (SSSR count). The van der Waals surface area contributed by atoms with Crippen LogP contribution in [-0.2, 0) is 16.6 Å². The van der Waals surface area contributed by atoms with Crippen molar-refractivity contribution in [3.8, 4) is 17.1 Å². The summed E-state index contributed by atoms with van der Waals surface area (Å²) in [5, 5.41) is 0.968. The number of benzene rings is 2. The van der Waals surface area contributed by atoms with Crippen LogP contribution in [0.4, 0.5) is 11.5 Å². The number of rotatable bonds is 5. The average Bonchev–Trinajstić information content (AvgIpc) is 3.08. The molecule has 0 spiro atoms. The van der Waals surface area contributed by atoms with Crippen LogP contribution in [0.15, 0.2) is 48.7 Å². The number of nitrogens with two attached hydrogens (primary N) is 1. The first-order valence-electron chi connectivity index (χ1n) is 9.14. The van der Waals surface area contributed by atoms with Crippen LogP contribution in [0.1, 0.15) is 12.0 Å². The number of nitrogen functional groups attached to an aromatic ring is 1. The van der Waals surface area contributed by atoms with E-state index in [0.29, 0.717) is 40.0 Å². The van der Waals surface area contributed by atoms with Gasteiger partial charge in [0.15, 0.2) is 5.82 Å². The fourth-order valence-electron chi connectivity index (χ4n) is 3.17. The van der Waals surface area contributed by atoms with Crippen molar-refractivity contribution in [3.63, 3.8) is 0 Å². The smallest absolute Gasteiger partial charge is 0.258 e. The minimum absolute atomic E-state index is 0.0899. The molecule has 7 nitrogen and oxygen atoms in total. The molecule has 0 aliphatic carbocycles. The number of nitrogens with zero attached hydrogens (tertiary/aromatic N) is 3. The van der Waals surface area contributed by atoms with Crippen LogP contribution in [0.3, 0.4) is 0 Å². The topological polar surface area (TPSA) is 98.4 Å². The Labute approximate surface area is 184 Å². The minimum Gasteiger partial charge on any atom is -0.470 e. The zero-order chi connectivity index (χ0) is 21.3. The molecule has 156 valence electrons. The number of ether oxygens (including phenoxy) is 1. The Kier molecular flexibility index (Phi) is 5.73. The van der Waals surface area contributed by atoms with E-state index in [4.69, 9.17) is 33.7 Å². The van der Waals surface area contributed by atoms with Crippen molar-refractivity contribution in [2.24, 2.45) is 0 Å². The molecule has 1 aliphatic heterocycles. The first-order chi connectivity index (χ1) is 14.3. The molecule has 0 unspecified atom stereocenters. The summed E-state index contributed by atoms with van der Waals surface area (Å²) < 4.78 is 31.3. The van der Waals surface area contributed by atoms with Gasteiger partial charge in [-0.25, -0.2) is 18.4 Å². The molecule has 3 aromatic rings. The second-order valence-electron chi connectivity index (χ2n) is 6.72. The maximum absolute atomic E-state index is 12.1. The number of hydrogen-bond donors (Lipinski definition) is 1. The van der Waals surface area contributed by atoms with Crippen molar-refractivity contribution >= 4 is 44.7 Å². The molecule has 1 saturated heterocycles. The van der Waals surface area contributed by atoms with Gasteiger partial charge in [0.2, 0.25) is 10.0 Å². The third-order valence-electron chi connectivity index (χ3n) is 4.73. The van der Waals surface area contributed by atoms with Crippen LogP contribution in [0.2, 0.25) is 10.0 Å². The van der Waals surface area contributed by atoms with E-state index in [-0.39, 0.29) is 24.1 Å². The summed E-state index contributed by atoms with van der Waals surface area (Å²) >= 11 is 12.3. The number of halogens is 2. The van der Waals surface area contributed by atoms with Gasteiger partial charge in [0, 0.05) is 27.7 Å². The first kappa shape index (κ1) is 20.7. The van der Waals surface area contributed by atoms with Gasteiger partial charge in [-0.3, -0.25) is 4.31 Å². The standard InChI is InChI=1S/C20H18Cl2N4O3S/c21-16-3-1-4-17(22)15(16)12-29-20-19(23)24-11-18(25-20)13-5-7-14(8-6-13)26-9-2-10-30(26,27)28/h1,3-8,11H,2,9-10,12H2,(H2,23,24). The monoisotopic (exact) mass is 464 g/mol. The van der Waals surface area contributed by atoms with Crippen LogP contribution < -0.4 is 14.8 Å². The molecule has 0 radical (unpaired) electrons. The molecule has 2 aromatic carbocycles. The molecule has 1 aliphatic rings. The summed E-state index contributed by atoms with van der Waals surface area (Å²) in [5.41, 5.74) is 8.46. The van der Waals surface area contributed by atoms with Gasteiger partial charge in [0.05, 0.1) is 23.3 Å². The molecule has 2 N–H and O–H groups in total. The average molecular weight is 465 g/mol. The fraction of sp³-hybridized carbons (Fsp3) is 0.200. The maximum atomic E-state index is 12.1. The first-order valence-corrected chi connectivity index (χ1v) is 11.5. The molecule has 0 atom stereocenters. The van der Waals surface area contributed by atoms with Gasteiger partial charge in [-0.1, -0.05) is 41.4 Å². The van der Waals surface area contributed by atoms with Gasteiger partial charge < -0.3 is 10.5 Å². The van der Waals surface area contributed by atoms with E-state index in [9.17, 15) is 8.42 Å². The number of hydrogen-bond acceptors (Lipinski definition) is 6. The van der Waals surface area contributed by atoms with Crippen molar-refractivity contribution in [1.29, 1.82) is 0 Å². The SMILES string of the molecule is Nc1ncc(-c2ccc(N3CCCS3(=O)=O)cc2)nc1OCc1c(Cl)cccc1Cl. The Balaban J connectivity index is 1.56. The normalized spacial score (nSPS) is 15.3. The van der Waals surface area contributed by atoms with E-state index in [1.807, 2.05) is 0 Å². The van der Waals surface area contributed by atoms with Gasteiger partial charge in [0.1, 0.15) is 6.61 Å². The third kappa shape index (κ3) is 4.16. The van der Waals surface area contributed by atoms with E-state index in [1.165, 1.54) is 10.5 Å². The van der Waals surface area contributed by atoms with Crippen molar-refractivity contribution in [2.75, 3.05) is 22.3 Å². The van der Waals surface area contributed by atoms with Crippen LogP contribution in [0.5, 0.6) is 5.88 Å². The minimum atomic E-state index is -3.22. The maximum Gasteiger partial charge on any atom is 0.258 e. The molecule has 2 heterocycles. The largest absolute Gasteiger partial charge is 0.470 e. The summed E-state index contributed by atoms with van der Waals surface area (Å²) in [6.45, 7) is 0.582. The molecule has 0 amide bonds. The van der Waals surface area contributed by atoms with Crippen molar-refractivity contribution in [3.05, 3.63) is 64.3 Å². The van der Waals surface area contributed by atoms with Crippen molar-refractivity contribution in [1.82, 2.24) is 9.97 Å². The highest BCUT2D eigenvalue weighted by Crippen LogP contribution is 2.30. The van der Waals surface area contributed by atoms with Crippen LogP contribution in [-0.4, -0.2) is 30.7 Å². The van der Waals surface area contributed by atoms with Gasteiger partial charge in [-0.2, -0.15) is 0 Å². The Hall–Kier alpha value is -2.55. The highest BCUT2D eigenvalue weighted by atomic mass is 35.5.